The highest BCUT2D eigenvalue weighted by Crippen LogP contribution is 2.19. The van der Waals surface area contributed by atoms with Crippen molar-refractivity contribution in [2.45, 2.75) is 33.3 Å². The summed E-state index contributed by atoms with van der Waals surface area (Å²) in [6.07, 6.45) is 6.96. The summed E-state index contributed by atoms with van der Waals surface area (Å²) in [6, 6.07) is 0. The van der Waals surface area contributed by atoms with Crippen LogP contribution in [0.1, 0.15) is 27.2 Å². The largest absolute Gasteiger partial charge is 0.486 e. The zero-order valence-corrected chi connectivity index (χ0v) is 15.4. The fourth-order valence-corrected chi connectivity index (χ4v) is 2.14. The molecule has 0 aromatic rings. The first-order valence-corrected chi connectivity index (χ1v) is 8.62. The van der Waals surface area contributed by atoms with E-state index in [1.165, 1.54) is 5.57 Å². The zero-order chi connectivity index (χ0) is 17.9. The van der Waals surface area contributed by atoms with E-state index < -0.39 is 0 Å². The van der Waals surface area contributed by atoms with Gasteiger partial charge < -0.3 is 25.8 Å². The van der Waals surface area contributed by atoms with Gasteiger partial charge in [-0.25, -0.2) is 0 Å². The summed E-state index contributed by atoms with van der Waals surface area (Å²) in [5, 5.41) is 4.03. The summed E-state index contributed by atoms with van der Waals surface area (Å²) in [5.41, 5.74) is 7.83. The molecule has 1 saturated heterocycles. The lowest BCUT2D eigenvalue weighted by Gasteiger charge is -2.27. The Balaban J connectivity index is 2.65. The van der Waals surface area contributed by atoms with Crippen LogP contribution in [0.3, 0.4) is 0 Å². The van der Waals surface area contributed by atoms with Crippen molar-refractivity contribution in [1.29, 1.82) is 0 Å². The van der Waals surface area contributed by atoms with Crippen LogP contribution >= 0.6 is 11.8 Å². The van der Waals surface area contributed by atoms with E-state index in [1.54, 1.807) is 0 Å². The van der Waals surface area contributed by atoms with Gasteiger partial charge in [0.1, 0.15) is 18.5 Å². The van der Waals surface area contributed by atoms with Crippen molar-refractivity contribution in [3.8, 4) is 0 Å². The van der Waals surface area contributed by atoms with Gasteiger partial charge in [-0.3, -0.25) is 0 Å². The maximum Gasteiger partial charge on any atom is 0.185 e. The molecule has 1 aliphatic rings. The Bertz CT molecular complexity index is 549. The lowest BCUT2D eigenvalue weighted by atomic mass is 10.1. The molecule has 24 heavy (non-hydrogen) atoms. The second-order valence-corrected chi connectivity index (χ2v) is 6.27. The normalized spacial score (nSPS) is 17.5. The summed E-state index contributed by atoms with van der Waals surface area (Å²) in [6.45, 7) is 11.6. The van der Waals surface area contributed by atoms with E-state index in [0.29, 0.717) is 24.9 Å². The minimum atomic E-state index is 0.145. The minimum absolute atomic E-state index is 0.145. The van der Waals surface area contributed by atoms with Crippen LogP contribution in [-0.2, 0) is 14.2 Å². The average molecular weight is 353 g/mol. The molecule has 0 spiro atoms. The number of amidine groups is 1. The average Bonchev–Trinajstić information content (AvgIpc) is 2.54. The fourth-order valence-electron chi connectivity index (χ4n) is 1.73. The Hall–Kier alpha value is -1.86. The number of allylic oxidation sites excluding steroid dienone is 3. The molecule has 0 atom stereocenters. The molecule has 7 heteroatoms. The third-order valence-electron chi connectivity index (χ3n) is 3.46. The summed E-state index contributed by atoms with van der Waals surface area (Å²) >= 11 is 1.10. The molecule has 0 aromatic heterocycles. The van der Waals surface area contributed by atoms with Crippen LogP contribution in [0.4, 0.5) is 0 Å². The number of hydrogen-bond acceptors (Lipinski definition) is 6. The zero-order valence-electron chi connectivity index (χ0n) is 14.6. The van der Waals surface area contributed by atoms with Gasteiger partial charge in [0, 0.05) is 0 Å². The van der Waals surface area contributed by atoms with Crippen LogP contribution in [0.25, 0.3) is 0 Å². The van der Waals surface area contributed by atoms with Crippen molar-refractivity contribution in [2.24, 2.45) is 16.7 Å². The van der Waals surface area contributed by atoms with Crippen LogP contribution in [0.5, 0.6) is 0 Å². The van der Waals surface area contributed by atoms with Crippen LogP contribution in [0.2, 0.25) is 0 Å². The molecule has 1 fully saturated rings. The van der Waals surface area contributed by atoms with E-state index in [9.17, 15) is 0 Å². The van der Waals surface area contributed by atoms with E-state index in [-0.39, 0.29) is 11.3 Å². The van der Waals surface area contributed by atoms with Gasteiger partial charge in [0.25, 0.3) is 0 Å². The smallest absolute Gasteiger partial charge is 0.185 e. The van der Waals surface area contributed by atoms with Crippen molar-refractivity contribution in [2.75, 3.05) is 19.8 Å². The Labute approximate surface area is 148 Å². The van der Waals surface area contributed by atoms with Crippen LogP contribution < -0.4 is 11.6 Å². The van der Waals surface area contributed by atoms with Gasteiger partial charge in [0.05, 0.1) is 13.2 Å². The van der Waals surface area contributed by atoms with E-state index in [1.807, 2.05) is 25.2 Å². The van der Waals surface area contributed by atoms with Gasteiger partial charge in [0.15, 0.2) is 10.3 Å². The van der Waals surface area contributed by atoms with Crippen molar-refractivity contribution in [3.05, 3.63) is 46.8 Å². The molecule has 0 bridgehead atoms. The third-order valence-corrected chi connectivity index (χ3v) is 4.12. The first-order valence-electron chi connectivity index (χ1n) is 7.80. The molecule has 0 aliphatic carbocycles. The summed E-state index contributed by atoms with van der Waals surface area (Å²) in [5.74, 6) is 5.91. The predicted octanol–water partition coefficient (Wildman–Crippen LogP) is 3.00. The number of thioether (sulfide) groups is 1. The van der Waals surface area contributed by atoms with Crippen molar-refractivity contribution in [1.82, 2.24) is 0 Å². The van der Waals surface area contributed by atoms with E-state index in [2.05, 4.69) is 25.5 Å². The maximum atomic E-state index is 5.81. The van der Waals surface area contributed by atoms with E-state index in [0.717, 1.165) is 29.5 Å². The number of hydrogen-bond donors (Lipinski definition) is 2. The summed E-state index contributed by atoms with van der Waals surface area (Å²) in [7, 11) is 0. The molecule has 0 amide bonds. The standard InChI is InChI=1S/C17H27N3O3S/c1-5-12(3)14(9-22-13(4)24-17(18)20-19)7-8-15(6-2)23-16-10-21-11-16/h6-8,16H,4-5,9-11,19H2,1-3H3,(H2,18,20)/b8-7-,14-12+,15-6+. The second-order valence-electron chi connectivity index (χ2n) is 5.19. The van der Waals surface area contributed by atoms with Crippen LogP contribution in [0, 0.1) is 0 Å². The van der Waals surface area contributed by atoms with E-state index >= 15 is 0 Å². The number of nitrogens with zero attached hydrogens (tertiary/aromatic N) is 1. The topological polar surface area (TPSA) is 92.1 Å². The fraction of sp³-hybridized carbons (Fsp3) is 0.471. The Morgan fingerprint density at radius 3 is 2.62 bits per heavy atom. The van der Waals surface area contributed by atoms with Crippen LogP contribution in [-0.4, -0.2) is 31.1 Å². The second kappa shape index (κ2) is 10.8. The Morgan fingerprint density at radius 1 is 1.42 bits per heavy atom. The van der Waals surface area contributed by atoms with Gasteiger partial charge in [-0.05, 0) is 56.3 Å². The molecule has 6 nitrogen and oxygen atoms in total. The molecule has 0 unspecified atom stereocenters. The lowest BCUT2D eigenvalue weighted by molar-refractivity contribution is -0.105. The molecule has 0 aromatic carbocycles. The monoisotopic (exact) mass is 353 g/mol. The molecular weight excluding hydrogens is 326 g/mol. The van der Waals surface area contributed by atoms with Crippen molar-refractivity contribution >= 4 is 16.9 Å². The van der Waals surface area contributed by atoms with Crippen LogP contribution in [0.15, 0.2) is 51.9 Å². The van der Waals surface area contributed by atoms with Crippen molar-refractivity contribution in [3.63, 3.8) is 0 Å². The van der Waals surface area contributed by atoms with Gasteiger partial charge in [-0.15, -0.1) is 0 Å². The van der Waals surface area contributed by atoms with Gasteiger partial charge >= 0.3 is 0 Å². The molecule has 0 radical (unpaired) electrons. The maximum absolute atomic E-state index is 5.81. The quantitative estimate of drug-likeness (QED) is 0.165. The van der Waals surface area contributed by atoms with Gasteiger partial charge in [-0.2, -0.15) is 5.10 Å². The minimum Gasteiger partial charge on any atom is -0.486 e. The molecular formula is C17H27N3O3S. The number of hydrazone groups is 1. The first-order chi connectivity index (χ1) is 11.5. The van der Waals surface area contributed by atoms with Gasteiger partial charge in [-0.1, -0.05) is 18.6 Å². The van der Waals surface area contributed by atoms with Gasteiger partial charge in [0.2, 0.25) is 0 Å². The molecule has 1 rings (SSSR count). The SMILES string of the molecule is C=C(OCC(/C=C\C(=C/C)OC1COC1)=C(\C)CC)S/C(N)=N\N. The molecule has 134 valence electrons. The third kappa shape index (κ3) is 7.14. The Kier molecular flexibility index (Phi) is 9.11. The molecule has 1 aliphatic heterocycles. The van der Waals surface area contributed by atoms with Crippen molar-refractivity contribution < 1.29 is 14.2 Å². The van der Waals surface area contributed by atoms with E-state index in [4.69, 9.17) is 25.8 Å². The lowest BCUT2D eigenvalue weighted by Crippen LogP contribution is -2.35. The summed E-state index contributed by atoms with van der Waals surface area (Å²) in [4.78, 5) is 0. The number of nitrogens with two attached hydrogens (primary N) is 2. The highest BCUT2D eigenvalue weighted by molar-refractivity contribution is 8.16. The highest BCUT2D eigenvalue weighted by atomic mass is 32.2. The molecule has 0 saturated carbocycles. The summed E-state index contributed by atoms with van der Waals surface area (Å²) < 4.78 is 16.6. The Morgan fingerprint density at radius 2 is 2.12 bits per heavy atom. The predicted molar refractivity (Wildman–Crippen MR) is 100 cm³/mol. The highest BCUT2D eigenvalue weighted by Gasteiger charge is 2.20. The molecule has 4 N–H and O–H groups in total. The number of ether oxygens (including phenoxy) is 3. The number of rotatable bonds is 9. The first kappa shape index (κ1) is 20.2. The molecule has 1 heterocycles.